The summed E-state index contributed by atoms with van der Waals surface area (Å²) in [6, 6.07) is -1.08. The fraction of sp³-hybridized carbons (Fsp3) is 0.818. The second kappa shape index (κ2) is 5.41. The smallest absolute Gasteiger partial charge is 0.417 e. The lowest BCUT2D eigenvalue weighted by Crippen LogP contribution is -2.61. The lowest BCUT2D eigenvalue weighted by atomic mass is 9.96. The van der Waals surface area contributed by atoms with Gasteiger partial charge in [-0.15, -0.1) is 0 Å². The second-order valence-corrected chi connectivity index (χ2v) is 4.59. The van der Waals surface area contributed by atoms with Crippen LogP contribution in [0.1, 0.15) is 19.8 Å². The SMILES string of the molecule is CCCC(=O)N1C(=O)O[C@H]2[C@H](O)[C@@H](CO)OC(O)[C@@H]21. The number of nitrogens with zero attached hydrogens (tertiary/aromatic N) is 1. The molecule has 2 rings (SSSR count). The minimum atomic E-state index is -1.49. The van der Waals surface area contributed by atoms with E-state index in [4.69, 9.17) is 14.6 Å². The zero-order chi connectivity index (χ0) is 14.2. The van der Waals surface area contributed by atoms with Crippen LogP contribution in [0.4, 0.5) is 4.79 Å². The Morgan fingerprint density at radius 3 is 2.68 bits per heavy atom. The highest BCUT2D eigenvalue weighted by Gasteiger charge is 2.57. The molecule has 0 aliphatic carbocycles. The van der Waals surface area contributed by atoms with E-state index >= 15 is 0 Å². The van der Waals surface area contributed by atoms with Gasteiger partial charge >= 0.3 is 6.09 Å². The monoisotopic (exact) mass is 275 g/mol. The number of carbonyl (C=O) groups excluding carboxylic acids is 2. The summed E-state index contributed by atoms with van der Waals surface area (Å²) >= 11 is 0. The van der Waals surface area contributed by atoms with E-state index in [1.165, 1.54) is 0 Å². The van der Waals surface area contributed by atoms with Crippen molar-refractivity contribution in [3.8, 4) is 0 Å². The normalized spacial score (nSPS) is 38.0. The summed E-state index contributed by atoms with van der Waals surface area (Å²) in [5.74, 6) is -0.489. The summed E-state index contributed by atoms with van der Waals surface area (Å²) in [6.45, 7) is 1.25. The maximum absolute atomic E-state index is 11.8. The van der Waals surface area contributed by atoms with Gasteiger partial charge in [-0.25, -0.2) is 9.69 Å². The molecule has 0 bridgehead atoms. The van der Waals surface area contributed by atoms with Crippen LogP contribution in [0, 0.1) is 0 Å². The number of aliphatic hydroxyl groups excluding tert-OH is 3. The lowest BCUT2D eigenvalue weighted by Gasteiger charge is -2.38. The van der Waals surface area contributed by atoms with Crippen molar-refractivity contribution in [1.82, 2.24) is 4.90 Å². The van der Waals surface area contributed by atoms with Crippen LogP contribution in [0.3, 0.4) is 0 Å². The Morgan fingerprint density at radius 1 is 1.42 bits per heavy atom. The highest BCUT2D eigenvalue weighted by molar-refractivity contribution is 5.93. The third kappa shape index (κ3) is 2.32. The molecule has 5 atom stereocenters. The summed E-state index contributed by atoms with van der Waals surface area (Å²) in [5.41, 5.74) is 0. The summed E-state index contributed by atoms with van der Waals surface area (Å²) in [6.07, 6.45) is -5.16. The number of imide groups is 1. The summed E-state index contributed by atoms with van der Waals surface area (Å²) in [4.78, 5) is 24.3. The van der Waals surface area contributed by atoms with Crippen molar-refractivity contribution >= 4 is 12.0 Å². The van der Waals surface area contributed by atoms with Crippen molar-refractivity contribution in [2.24, 2.45) is 0 Å². The molecule has 1 unspecified atom stereocenters. The second-order valence-electron chi connectivity index (χ2n) is 4.59. The van der Waals surface area contributed by atoms with E-state index in [2.05, 4.69) is 0 Å². The summed E-state index contributed by atoms with van der Waals surface area (Å²) in [7, 11) is 0. The largest absolute Gasteiger partial charge is 0.440 e. The van der Waals surface area contributed by atoms with E-state index in [1.807, 2.05) is 0 Å². The number of carbonyl (C=O) groups is 2. The predicted octanol–water partition coefficient (Wildman–Crippen LogP) is -1.43. The molecule has 2 saturated heterocycles. The molecule has 0 spiro atoms. The van der Waals surface area contributed by atoms with Gasteiger partial charge in [0.15, 0.2) is 12.4 Å². The molecule has 0 aromatic rings. The Hall–Kier alpha value is -1.22. The molecule has 0 aromatic carbocycles. The molecule has 2 heterocycles. The minimum Gasteiger partial charge on any atom is -0.440 e. The lowest BCUT2D eigenvalue weighted by molar-refractivity contribution is -0.249. The molecule has 0 radical (unpaired) electrons. The van der Waals surface area contributed by atoms with Crippen LogP contribution in [-0.2, 0) is 14.3 Å². The highest BCUT2D eigenvalue weighted by Crippen LogP contribution is 2.32. The van der Waals surface area contributed by atoms with Gasteiger partial charge in [0.05, 0.1) is 6.61 Å². The molecule has 108 valence electrons. The van der Waals surface area contributed by atoms with Gasteiger partial charge in [-0.1, -0.05) is 6.92 Å². The quantitative estimate of drug-likeness (QED) is 0.578. The molecule has 2 aliphatic heterocycles. The van der Waals surface area contributed by atoms with Gasteiger partial charge in [-0.2, -0.15) is 0 Å². The summed E-state index contributed by atoms with van der Waals surface area (Å²) in [5, 5.41) is 28.7. The third-order valence-electron chi connectivity index (χ3n) is 3.30. The molecular weight excluding hydrogens is 258 g/mol. The van der Waals surface area contributed by atoms with E-state index in [0.717, 1.165) is 4.90 Å². The first-order valence-corrected chi connectivity index (χ1v) is 6.16. The number of fused-ring (bicyclic) bond motifs is 1. The Balaban J connectivity index is 2.22. The number of amides is 2. The van der Waals surface area contributed by atoms with Crippen LogP contribution in [0.15, 0.2) is 0 Å². The van der Waals surface area contributed by atoms with Crippen molar-refractivity contribution in [2.45, 2.75) is 50.4 Å². The fourth-order valence-electron chi connectivity index (χ4n) is 2.38. The molecule has 2 aliphatic rings. The Morgan fingerprint density at radius 2 is 2.11 bits per heavy atom. The molecule has 8 nitrogen and oxygen atoms in total. The average molecular weight is 275 g/mol. The first kappa shape index (κ1) is 14.2. The Kier molecular flexibility index (Phi) is 4.04. The van der Waals surface area contributed by atoms with E-state index < -0.39 is 49.3 Å². The molecule has 8 heteroatoms. The van der Waals surface area contributed by atoms with Crippen LogP contribution < -0.4 is 0 Å². The summed E-state index contributed by atoms with van der Waals surface area (Å²) < 4.78 is 9.92. The molecule has 0 saturated carbocycles. The van der Waals surface area contributed by atoms with Crippen molar-refractivity contribution in [1.29, 1.82) is 0 Å². The first-order valence-electron chi connectivity index (χ1n) is 6.16. The molecule has 2 fully saturated rings. The van der Waals surface area contributed by atoms with Crippen LogP contribution >= 0.6 is 0 Å². The molecule has 2 amide bonds. The van der Waals surface area contributed by atoms with Gasteiger partial charge in [0.1, 0.15) is 18.2 Å². The van der Waals surface area contributed by atoms with E-state index in [1.54, 1.807) is 6.92 Å². The zero-order valence-electron chi connectivity index (χ0n) is 10.4. The Bertz CT molecular complexity index is 374. The van der Waals surface area contributed by atoms with Gasteiger partial charge in [0.2, 0.25) is 5.91 Å². The number of aliphatic hydroxyl groups is 3. The zero-order valence-corrected chi connectivity index (χ0v) is 10.4. The van der Waals surface area contributed by atoms with E-state index in [9.17, 15) is 19.8 Å². The number of ether oxygens (including phenoxy) is 2. The van der Waals surface area contributed by atoms with Crippen LogP contribution in [-0.4, -0.2) is 69.5 Å². The van der Waals surface area contributed by atoms with Crippen molar-refractivity contribution in [2.75, 3.05) is 6.61 Å². The van der Waals surface area contributed by atoms with Gasteiger partial charge in [-0.05, 0) is 6.42 Å². The first-order chi connectivity index (χ1) is 9.01. The third-order valence-corrected chi connectivity index (χ3v) is 3.30. The standard InChI is InChI=1S/C11H17NO7/c1-2-3-6(14)12-7-9(19-11(12)17)8(15)5(4-13)18-10(7)16/h5,7-10,13,15-16H,2-4H2,1H3/t5-,7-,8-,9-,10?/m1/s1. The van der Waals surface area contributed by atoms with Gasteiger partial charge in [0, 0.05) is 6.42 Å². The molecule has 3 N–H and O–H groups in total. The van der Waals surface area contributed by atoms with E-state index in [-0.39, 0.29) is 6.42 Å². The van der Waals surface area contributed by atoms with Gasteiger partial charge in [-0.3, -0.25) is 4.79 Å². The van der Waals surface area contributed by atoms with E-state index in [0.29, 0.717) is 6.42 Å². The molecule has 0 aromatic heterocycles. The van der Waals surface area contributed by atoms with Crippen LogP contribution in [0.2, 0.25) is 0 Å². The van der Waals surface area contributed by atoms with Crippen LogP contribution in [0.5, 0.6) is 0 Å². The van der Waals surface area contributed by atoms with Crippen LogP contribution in [0.25, 0.3) is 0 Å². The molecule has 19 heavy (non-hydrogen) atoms. The molecular formula is C11H17NO7. The number of hydrogen-bond donors (Lipinski definition) is 3. The number of rotatable bonds is 3. The maximum atomic E-state index is 11.8. The highest BCUT2D eigenvalue weighted by atomic mass is 16.6. The minimum absolute atomic E-state index is 0.130. The van der Waals surface area contributed by atoms with Crippen molar-refractivity contribution < 1.29 is 34.4 Å². The average Bonchev–Trinajstić information content (AvgIpc) is 2.72. The van der Waals surface area contributed by atoms with Gasteiger partial charge < -0.3 is 24.8 Å². The van der Waals surface area contributed by atoms with Gasteiger partial charge in [0.25, 0.3) is 0 Å². The fourth-order valence-corrected chi connectivity index (χ4v) is 2.38. The topological polar surface area (TPSA) is 117 Å². The Labute approximate surface area is 109 Å². The number of hydrogen-bond acceptors (Lipinski definition) is 7. The van der Waals surface area contributed by atoms with Crippen molar-refractivity contribution in [3.05, 3.63) is 0 Å². The predicted molar refractivity (Wildman–Crippen MR) is 59.8 cm³/mol. The maximum Gasteiger partial charge on any atom is 0.417 e. The van der Waals surface area contributed by atoms with Crippen molar-refractivity contribution in [3.63, 3.8) is 0 Å².